The van der Waals surface area contributed by atoms with E-state index in [4.69, 9.17) is 26.0 Å². The summed E-state index contributed by atoms with van der Waals surface area (Å²) in [5.74, 6) is 10.7. The molecule has 1 aliphatic heterocycles. The summed E-state index contributed by atoms with van der Waals surface area (Å²) in [6, 6.07) is 11.6. The van der Waals surface area contributed by atoms with Gasteiger partial charge >= 0.3 is 5.97 Å². The van der Waals surface area contributed by atoms with Crippen molar-refractivity contribution in [1.29, 1.82) is 0 Å². The topological polar surface area (TPSA) is 130 Å². The van der Waals surface area contributed by atoms with E-state index < -0.39 is 11.9 Å². The number of para-hydroxylation sites is 1. The molecule has 1 heterocycles. The highest BCUT2D eigenvalue weighted by molar-refractivity contribution is 6.07. The second-order valence-electron chi connectivity index (χ2n) is 7.18. The third-order valence-electron chi connectivity index (χ3n) is 5.10. The molecule has 2 aromatic rings. The van der Waals surface area contributed by atoms with Crippen LogP contribution in [0, 0.1) is 0 Å². The van der Waals surface area contributed by atoms with Crippen molar-refractivity contribution in [3.05, 3.63) is 59.7 Å². The lowest BCUT2D eigenvalue weighted by Gasteiger charge is -2.26. The fourth-order valence-electron chi connectivity index (χ4n) is 3.30. The van der Waals surface area contributed by atoms with E-state index in [1.165, 1.54) is 18.2 Å². The highest BCUT2D eigenvalue weighted by Gasteiger charge is 2.18. The number of anilines is 1. The first-order valence-corrected chi connectivity index (χ1v) is 10.4. The van der Waals surface area contributed by atoms with Crippen LogP contribution < -0.4 is 26.2 Å². The lowest BCUT2D eigenvalue weighted by molar-refractivity contribution is -0.114. The van der Waals surface area contributed by atoms with Gasteiger partial charge in [-0.25, -0.2) is 15.6 Å². The molecule has 0 aliphatic carbocycles. The Morgan fingerprint density at radius 1 is 1.15 bits per heavy atom. The van der Waals surface area contributed by atoms with Gasteiger partial charge in [-0.15, -0.1) is 0 Å². The van der Waals surface area contributed by atoms with Crippen LogP contribution in [0.1, 0.15) is 15.9 Å². The van der Waals surface area contributed by atoms with E-state index in [9.17, 15) is 9.59 Å². The van der Waals surface area contributed by atoms with Crippen LogP contribution in [-0.2, 0) is 14.4 Å². The van der Waals surface area contributed by atoms with Crippen LogP contribution in [0.25, 0.3) is 6.08 Å². The highest BCUT2D eigenvalue weighted by Crippen LogP contribution is 2.28. The van der Waals surface area contributed by atoms with Gasteiger partial charge in [-0.2, -0.15) is 5.90 Å². The first kappa shape index (κ1) is 24.2. The summed E-state index contributed by atoms with van der Waals surface area (Å²) in [6.45, 7) is 4.60. The average Bonchev–Trinajstić information content (AvgIpc) is 2.87. The van der Waals surface area contributed by atoms with Crippen molar-refractivity contribution in [3.8, 4) is 11.5 Å². The Bertz CT molecular complexity index is 991. The van der Waals surface area contributed by atoms with Crippen LogP contribution in [0.2, 0.25) is 0 Å². The number of benzene rings is 2. The van der Waals surface area contributed by atoms with Gasteiger partial charge in [0.2, 0.25) is 0 Å². The van der Waals surface area contributed by atoms with E-state index in [-0.39, 0.29) is 11.3 Å². The Hall–Kier alpha value is -3.44. The van der Waals surface area contributed by atoms with Crippen LogP contribution in [0.4, 0.5) is 5.69 Å². The lowest BCUT2D eigenvalue weighted by Crippen LogP contribution is -2.38. The normalized spacial score (nSPS) is 14.2. The first-order chi connectivity index (χ1) is 16.0. The third-order valence-corrected chi connectivity index (χ3v) is 5.10. The number of nitrogens with two attached hydrogens (primary N) is 2. The number of nitrogens with zero attached hydrogens (tertiary/aromatic N) is 2. The number of morpholine rings is 1. The van der Waals surface area contributed by atoms with Crippen LogP contribution in [0.3, 0.4) is 0 Å². The lowest BCUT2D eigenvalue weighted by atomic mass is 10.1. The molecule has 10 heteroatoms. The van der Waals surface area contributed by atoms with Crippen LogP contribution in [-0.4, -0.2) is 63.3 Å². The molecule has 1 aliphatic rings. The van der Waals surface area contributed by atoms with Gasteiger partial charge in [0.25, 0.3) is 5.91 Å². The molecule has 0 bridgehead atoms. The number of hydrogen-bond donors (Lipinski definition) is 2. The molecule has 1 fully saturated rings. The molecule has 0 atom stereocenters. The number of carbonyl (C=O) groups is 2. The standard InChI is InChI=1S/C23H28N4O6/c1-30-21-16-17(6-8-20(21)32-15-12-26-10-13-31-14-11-26)7-9-22(28)27(24)19-5-3-2-4-18(19)23(29)33-25/h2-9,16H,10-15,24-25H2,1H3/b9-7+. The molecular weight excluding hydrogens is 428 g/mol. The number of rotatable bonds is 9. The van der Waals surface area contributed by atoms with Crippen molar-refractivity contribution in [2.75, 3.05) is 51.6 Å². The van der Waals surface area contributed by atoms with Gasteiger partial charge in [0.15, 0.2) is 11.5 Å². The fourth-order valence-corrected chi connectivity index (χ4v) is 3.30. The number of ether oxygens (including phenoxy) is 3. The van der Waals surface area contributed by atoms with E-state index in [0.29, 0.717) is 23.7 Å². The summed E-state index contributed by atoms with van der Waals surface area (Å²) in [5.41, 5.74) is 0.956. The van der Waals surface area contributed by atoms with E-state index in [1.807, 2.05) is 0 Å². The second-order valence-corrected chi connectivity index (χ2v) is 7.18. The van der Waals surface area contributed by atoms with E-state index in [1.54, 1.807) is 43.5 Å². The van der Waals surface area contributed by atoms with Gasteiger partial charge in [0.05, 0.1) is 31.6 Å². The molecule has 0 saturated carbocycles. The summed E-state index contributed by atoms with van der Waals surface area (Å²) in [7, 11) is 1.55. The molecule has 0 spiro atoms. The van der Waals surface area contributed by atoms with Crippen molar-refractivity contribution in [3.63, 3.8) is 0 Å². The van der Waals surface area contributed by atoms with Crippen LogP contribution in [0.15, 0.2) is 48.5 Å². The largest absolute Gasteiger partial charge is 0.493 e. The van der Waals surface area contributed by atoms with E-state index in [0.717, 1.165) is 37.9 Å². The number of hydrogen-bond acceptors (Lipinski definition) is 9. The zero-order valence-electron chi connectivity index (χ0n) is 18.4. The van der Waals surface area contributed by atoms with E-state index in [2.05, 4.69) is 9.74 Å². The molecule has 10 nitrogen and oxygen atoms in total. The van der Waals surface area contributed by atoms with Crippen LogP contribution >= 0.6 is 0 Å². The quantitative estimate of drug-likeness (QED) is 0.249. The second kappa shape index (κ2) is 12.0. The Morgan fingerprint density at radius 3 is 2.64 bits per heavy atom. The number of methoxy groups -OCH3 is 1. The van der Waals surface area contributed by atoms with Gasteiger partial charge < -0.3 is 19.0 Å². The molecule has 1 saturated heterocycles. The number of carbonyl (C=O) groups excluding carboxylic acids is 2. The first-order valence-electron chi connectivity index (χ1n) is 10.4. The van der Waals surface area contributed by atoms with Gasteiger partial charge in [-0.3, -0.25) is 9.69 Å². The summed E-state index contributed by atoms with van der Waals surface area (Å²) < 4.78 is 16.6. The van der Waals surface area contributed by atoms with Crippen molar-refractivity contribution in [2.24, 2.45) is 11.7 Å². The average molecular weight is 456 g/mol. The molecule has 2 aromatic carbocycles. The maximum Gasteiger partial charge on any atom is 0.358 e. The fraction of sp³-hybridized carbons (Fsp3) is 0.304. The van der Waals surface area contributed by atoms with Gasteiger partial charge in [-0.05, 0) is 35.9 Å². The maximum absolute atomic E-state index is 12.6. The Balaban J connectivity index is 1.63. The highest BCUT2D eigenvalue weighted by atomic mass is 16.7. The predicted molar refractivity (Wildman–Crippen MR) is 123 cm³/mol. The number of amides is 1. The van der Waals surface area contributed by atoms with Crippen molar-refractivity contribution < 1.29 is 28.6 Å². The van der Waals surface area contributed by atoms with Crippen molar-refractivity contribution >= 4 is 23.6 Å². The van der Waals surface area contributed by atoms with Crippen molar-refractivity contribution in [2.45, 2.75) is 0 Å². The maximum atomic E-state index is 12.6. The molecule has 0 radical (unpaired) electrons. The molecule has 176 valence electrons. The predicted octanol–water partition coefficient (Wildman–Crippen LogP) is 1.36. The van der Waals surface area contributed by atoms with Crippen LogP contribution in [0.5, 0.6) is 11.5 Å². The summed E-state index contributed by atoms with van der Waals surface area (Å²) >= 11 is 0. The molecule has 3 rings (SSSR count). The Morgan fingerprint density at radius 2 is 1.91 bits per heavy atom. The van der Waals surface area contributed by atoms with Gasteiger partial charge in [0, 0.05) is 25.7 Å². The van der Waals surface area contributed by atoms with Crippen molar-refractivity contribution in [1.82, 2.24) is 4.90 Å². The smallest absolute Gasteiger partial charge is 0.358 e. The molecule has 33 heavy (non-hydrogen) atoms. The Kier molecular flexibility index (Phi) is 8.79. The minimum atomic E-state index is -0.799. The molecular formula is C23H28N4O6. The molecule has 0 aromatic heterocycles. The zero-order valence-corrected chi connectivity index (χ0v) is 18.4. The number of hydrazine groups is 1. The monoisotopic (exact) mass is 456 g/mol. The van der Waals surface area contributed by atoms with Gasteiger partial charge in [0.1, 0.15) is 6.61 Å². The van der Waals surface area contributed by atoms with Gasteiger partial charge in [-0.1, -0.05) is 18.2 Å². The summed E-state index contributed by atoms with van der Waals surface area (Å²) in [6.07, 6.45) is 2.88. The SMILES string of the molecule is COc1cc(/C=C/C(=O)N(N)c2ccccc2C(=O)ON)ccc1OCCN1CCOCC1. The minimum Gasteiger partial charge on any atom is -0.493 e. The Labute approximate surface area is 192 Å². The zero-order chi connectivity index (χ0) is 23.6. The molecule has 0 unspecified atom stereocenters. The minimum absolute atomic E-state index is 0.0736. The van der Waals surface area contributed by atoms with E-state index >= 15 is 0 Å². The summed E-state index contributed by atoms with van der Waals surface area (Å²) in [5, 5.41) is 0.850. The molecule has 1 amide bonds. The third kappa shape index (κ3) is 6.53. The molecule has 4 N–H and O–H groups in total. The summed E-state index contributed by atoms with van der Waals surface area (Å²) in [4.78, 5) is 30.9.